The zero-order valence-electron chi connectivity index (χ0n) is 12.4. The summed E-state index contributed by atoms with van der Waals surface area (Å²) in [7, 11) is 0. The number of amides is 1. The molecule has 0 aromatic heterocycles. The van der Waals surface area contributed by atoms with E-state index in [0.29, 0.717) is 22.5 Å². The standard InChI is InChI=1S/C17H14BrN3O2/c1-11(22)12-2-3-13(9-19)16(8-12)20-10-17(23)21-15-6-4-14(18)5-7-15/h2-8,20H,10H2,1H3,(H,21,23). The van der Waals surface area contributed by atoms with Gasteiger partial charge in [0, 0.05) is 15.7 Å². The van der Waals surface area contributed by atoms with Crippen LogP contribution in [0.3, 0.4) is 0 Å². The molecule has 0 saturated heterocycles. The fourth-order valence-corrected chi connectivity index (χ4v) is 2.19. The van der Waals surface area contributed by atoms with Crippen LogP contribution in [0, 0.1) is 11.3 Å². The molecule has 0 saturated carbocycles. The van der Waals surface area contributed by atoms with E-state index in [2.05, 4.69) is 26.6 Å². The Balaban J connectivity index is 2.03. The zero-order chi connectivity index (χ0) is 16.8. The summed E-state index contributed by atoms with van der Waals surface area (Å²) in [5.74, 6) is -0.346. The lowest BCUT2D eigenvalue weighted by atomic mass is 10.1. The molecule has 1 amide bonds. The minimum absolute atomic E-state index is 0.00784. The Kier molecular flexibility index (Phi) is 5.50. The number of nitrogens with zero attached hydrogens (tertiary/aromatic N) is 1. The normalized spacial score (nSPS) is 9.78. The van der Waals surface area contributed by atoms with Gasteiger partial charge in [-0.15, -0.1) is 0 Å². The summed E-state index contributed by atoms with van der Waals surface area (Å²) in [5, 5.41) is 14.7. The molecular weight excluding hydrogens is 358 g/mol. The molecule has 0 fully saturated rings. The van der Waals surface area contributed by atoms with E-state index in [-0.39, 0.29) is 18.2 Å². The van der Waals surface area contributed by atoms with Gasteiger partial charge in [0.2, 0.25) is 5.91 Å². The predicted octanol–water partition coefficient (Wildman–Crippen LogP) is 3.57. The number of rotatable bonds is 5. The average molecular weight is 372 g/mol. The van der Waals surface area contributed by atoms with E-state index in [4.69, 9.17) is 5.26 Å². The van der Waals surface area contributed by atoms with E-state index < -0.39 is 0 Å². The number of halogens is 1. The average Bonchev–Trinajstić information content (AvgIpc) is 2.54. The van der Waals surface area contributed by atoms with Crippen molar-refractivity contribution in [2.24, 2.45) is 0 Å². The molecule has 0 aliphatic heterocycles. The number of hydrogen-bond acceptors (Lipinski definition) is 4. The molecule has 2 aromatic rings. The smallest absolute Gasteiger partial charge is 0.243 e. The lowest BCUT2D eigenvalue weighted by Crippen LogP contribution is -2.22. The molecule has 0 unspecified atom stereocenters. The second kappa shape index (κ2) is 7.56. The zero-order valence-corrected chi connectivity index (χ0v) is 14.0. The monoisotopic (exact) mass is 371 g/mol. The number of benzene rings is 2. The molecular formula is C17H14BrN3O2. The molecule has 0 aliphatic carbocycles. The summed E-state index contributed by atoms with van der Waals surface area (Å²) in [4.78, 5) is 23.4. The Bertz CT molecular complexity index is 779. The van der Waals surface area contributed by atoms with Gasteiger partial charge in [0.15, 0.2) is 5.78 Å². The van der Waals surface area contributed by atoms with Crippen molar-refractivity contribution in [3.63, 3.8) is 0 Å². The first kappa shape index (κ1) is 16.7. The van der Waals surface area contributed by atoms with Crippen LogP contribution in [0.1, 0.15) is 22.8 Å². The topological polar surface area (TPSA) is 82.0 Å². The van der Waals surface area contributed by atoms with E-state index in [1.165, 1.54) is 6.92 Å². The number of Topliss-reactive ketones (excluding diaryl/α,β-unsaturated/α-hetero) is 1. The van der Waals surface area contributed by atoms with E-state index >= 15 is 0 Å². The molecule has 0 bridgehead atoms. The van der Waals surface area contributed by atoms with Crippen molar-refractivity contribution in [2.75, 3.05) is 17.2 Å². The molecule has 6 heteroatoms. The van der Waals surface area contributed by atoms with Crippen molar-refractivity contribution in [1.82, 2.24) is 0 Å². The lowest BCUT2D eigenvalue weighted by Gasteiger charge is -2.10. The first-order valence-electron chi connectivity index (χ1n) is 6.84. The lowest BCUT2D eigenvalue weighted by molar-refractivity contribution is -0.114. The van der Waals surface area contributed by atoms with Gasteiger partial charge in [0.1, 0.15) is 6.07 Å². The van der Waals surface area contributed by atoms with Crippen LogP contribution < -0.4 is 10.6 Å². The molecule has 0 spiro atoms. The third kappa shape index (κ3) is 4.66. The maximum atomic E-state index is 12.0. The van der Waals surface area contributed by atoms with Crippen molar-refractivity contribution in [3.05, 3.63) is 58.1 Å². The summed E-state index contributed by atoms with van der Waals surface area (Å²) in [6.45, 7) is 1.44. The van der Waals surface area contributed by atoms with Crippen LogP contribution in [0.15, 0.2) is 46.9 Å². The molecule has 2 N–H and O–H groups in total. The molecule has 0 heterocycles. The molecule has 0 radical (unpaired) electrons. The Morgan fingerprint density at radius 3 is 2.48 bits per heavy atom. The highest BCUT2D eigenvalue weighted by Gasteiger charge is 2.08. The van der Waals surface area contributed by atoms with Crippen molar-refractivity contribution < 1.29 is 9.59 Å². The van der Waals surface area contributed by atoms with E-state index in [1.807, 2.05) is 18.2 Å². The second-order valence-corrected chi connectivity index (χ2v) is 5.75. The van der Waals surface area contributed by atoms with Gasteiger partial charge in [-0.2, -0.15) is 5.26 Å². The third-order valence-corrected chi connectivity index (χ3v) is 3.64. The van der Waals surface area contributed by atoms with Crippen LogP contribution in [0.2, 0.25) is 0 Å². The van der Waals surface area contributed by atoms with E-state index in [9.17, 15) is 9.59 Å². The van der Waals surface area contributed by atoms with E-state index in [1.54, 1.807) is 30.3 Å². The molecule has 116 valence electrons. The van der Waals surface area contributed by atoms with Gasteiger partial charge in [-0.3, -0.25) is 9.59 Å². The molecule has 5 nitrogen and oxygen atoms in total. The van der Waals surface area contributed by atoms with Crippen LogP contribution in [0.4, 0.5) is 11.4 Å². The minimum atomic E-state index is -0.246. The van der Waals surface area contributed by atoms with Crippen molar-refractivity contribution >= 4 is 39.0 Å². The van der Waals surface area contributed by atoms with E-state index in [0.717, 1.165) is 4.47 Å². The van der Waals surface area contributed by atoms with Gasteiger partial charge in [-0.25, -0.2) is 0 Å². The van der Waals surface area contributed by atoms with Crippen LogP contribution >= 0.6 is 15.9 Å². The van der Waals surface area contributed by atoms with Gasteiger partial charge in [0.25, 0.3) is 0 Å². The van der Waals surface area contributed by atoms with Gasteiger partial charge >= 0.3 is 0 Å². The largest absolute Gasteiger partial charge is 0.375 e. The van der Waals surface area contributed by atoms with Crippen LogP contribution in [-0.2, 0) is 4.79 Å². The molecule has 0 aliphatic rings. The maximum Gasteiger partial charge on any atom is 0.243 e. The molecule has 0 atom stereocenters. The number of carbonyl (C=O) groups is 2. The minimum Gasteiger partial charge on any atom is -0.375 e. The maximum absolute atomic E-state index is 12.0. The fourth-order valence-electron chi connectivity index (χ4n) is 1.92. The second-order valence-electron chi connectivity index (χ2n) is 4.84. The van der Waals surface area contributed by atoms with Gasteiger partial charge in [-0.1, -0.05) is 15.9 Å². The van der Waals surface area contributed by atoms with Crippen molar-refractivity contribution in [3.8, 4) is 6.07 Å². The number of hydrogen-bond donors (Lipinski definition) is 2. The quantitative estimate of drug-likeness (QED) is 0.787. The Hall–Kier alpha value is -2.65. The van der Waals surface area contributed by atoms with Crippen molar-refractivity contribution in [1.29, 1.82) is 5.26 Å². The van der Waals surface area contributed by atoms with Crippen LogP contribution in [-0.4, -0.2) is 18.2 Å². The van der Waals surface area contributed by atoms with Crippen LogP contribution in [0.5, 0.6) is 0 Å². The number of anilines is 2. The van der Waals surface area contributed by atoms with Gasteiger partial charge < -0.3 is 10.6 Å². The van der Waals surface area contributed by atoms with Gasteiger partial charge in [0.05, 0.1) is 17.8 Å². The Morgan fingerprint density at radius 1 is 1.17 bits per heavy atom. The summed E-state index contributed by atoms with van der Waals surface area (Å²) >= 11 is 3.32. The summed E-state index contributed by atoms with van der Waals surface area (Å²) < 4.78 is 0.924. The Morgan fingerprint density at radius 2 is 1.87 bits per heavy atom. The number of nitriles is 1. The van der Waals surface area contributed by atoms with Crippen molar-refractivity contribution in [2.45, 2.75) is 6.92 Å². The number of carbonyl (C=O) groups excluding carboxylic acids is 2. The highest BCUT2D eigenvalue weighted by atomic mass is 79.9. The van der Waals surface area contributed by atoms with Crippen LogP contribution in [0.25, 0.3) is 0 Å². The molecule has 23 heavy (non-hydrogen) atoms. The molecule has 2 aromatic carbocycles. The van der Waals surface area contributed by atoms with Gasteiger partial charge in [-0.05, 0) is 49.4 Å². The Labute approximate surface area is 142 Å². The molecule has 2 rings (SSSR count). The highest BCUT2D eigenvalue weighted by molar-refractivity contribution is 9.10. The SMILES string of the molecule is CC(=O)c1ccc(C#N)c(NCC(=O)Nc2ccc(Br)cc2)c1. The summed E-state index contributed by atoms with van der Waals surface area (Å²) in [5.41, 5.74) is 2.01. The number of nitrogens with one attached hydrogen (secondary N) is 2. The highest BCUT2D eigenvalue weighted by Crippen LogP contribution is 2.18. The predicted molar refractivity (Wildman–Crippen MR) is 92.4 cm³/mol. The first-order valence-corrected chi connectivity index (χ1v) is 7.63. The summed E-state index contributed by atoms with van der Waals surface area (Å²) in [6, 6.07) is 14.0. The fraction of sp³-hybridized carbons (Fsp3) is 0.118. The third-order valence-electron chi connectivity index (χ3n) is 3.11. The first-order chi connectivity index (χ1) is 11.0. The summed E-state index contributed by atoms with van der Waals surface area (Å²) in [6.07, 6.45) is 0. The number of ketones is 1.